The van der Waals surface area contributed by atoms with E-state index in [1.807, 2.05) is 36.4 Å². The van der Waals surface area contributed by atoms with Gasteiger partial charge in [0.2, 0.25) is 5.89 Å². The van der Waals surface area contributed by atoms with Crippen molar-refractivity contribution >= 4 is 11.1 Å². The molecule has 1 saturated carbocycles. The summed E-state index contributed by atoms with van der Waals surface area (Å²) in [6.45, 7) is 0.911. The summed E-state index contributed by atoms with van der Waals surface area (Å²) in [6, 6.07) is 17.0. The number of rotatable bonds is 4. The number of hydrogen-bond acceptors (Lipinski definition) is 3. The molecule has 0 unspecified atom stereocenters. The van der Waals surface area contributed by atoms with Crippen molar-refractivity contribution in [2.24, 2.45) is 0 Å². The monoisotopic (exact) mass is 306 g/mol. The van der Waals surface area contributed by atoms with Gasteiger partial charge in [0, 0.05) is 18.2 Å². The van der Waals surface area contributed by atoms with E-state index >= 15 is 0 Å². The van der Waals surface area contributed by atoms with E-state index in [1.165, 1.54) is 37.7 Å². The van der Waals surface area contributed by atoms with E-state index in [1.54, 1.807) is 0 Å². The molecule has 0 amide bonds. The molecule has 2 aromatic carbocycles. The highest BCUT2D eigenvalue weighted by molar-refractivity contribution is 5.76. The van der Waals surface area contributed by atoms with Gasteiger partial charge in [-0.05, 0) is 42.7 Å². The first-order valence-electron chi connectivity index (χ1n) is 8.57. The molecule has 118 valence electrons. The second-order valence-electron chi connectivity index (χ2n) is 6.40. The summed E-state index contributed by atoms with van der Waals surface area (Å²) >= 11 is 0. The normalized spacial score (nSPS) is 16.0. The third-order valence-electron chi connectivity index (χ3n) is 4.67. The van der Waals surface area contributed by atoms with Crippen LogP contribution in [0.5, 0.6) is 0 Å². The zero-order valence-corrected chi connectivity index (χ0v) is 13.3. The quantitative estimate of drug-likeness (QED) is 0.743. The Morgan fingerprint density at radius 1 is 1.00 bits per heavy atom. The van der Waals surface area contributed by atoms with Crippen LogP contribution >= 0.6 is 0 Å². The van der Waals surface area contributed by atoms with Gasteiger partial charge in [-0.25, -0.2) is 4.98 Å². The van der Waals surface area contributed by atoms with Gasteiger partial charge >= 0.3 is 0 Å². The lowest BCUT2D eigenvalue weighted by atomic mass is 9.95. The Hall–Kier alpha value is -2.13. The van der Waals surface area contributed by atoms with Crippen LogP contribution in [0.1, 0.15) is 37.7 Å². The van der Waals surface area contributed by atoms with Crippen LogP contribution in [0.4, 0.5) is 0 Å². The molecule has 0 saturated heterocycles. The van der Waals surface area contributed by atoms with Gasteiger partial charge in [0.1, 0.15) is 5.52 Å². The fourth-order valence-corrected chi connectivity index (χ4v) is 3.36. The van der Waals surface area contributed by atoms with Crippen molar-refractivity contribution in [3.63, 3.8) is 0 Å². The van der Waals surface area contributed by atoms with Crippen molar-refractivity contribution in [3.05, 3.63) is 54.1 Å². The van der Waals surface area contributed by atoms with Crippen molar-refractivity contribution < 1.29 is 4.42 Å². The Labute approximate surface area is 136 Å². The van der Waals surface area contributed by atoms with Crippen LogP contribution in [0.3, 0.4) is 0 Å². The molecule has 3 heteroatoms. The third kappa shape index (κ3) is 3.30. The van der Waals surface area contributed by atoms with Gasteiger partial charge in [-0.1, -0.05) is 43.5 Å². The summed E-state index contributed by atoms with van der Waals surface area (Å²) in [4.78, 5) is 4.64. The van der Waals surface area contributed by atoms with Crippen molar-refractivity contribution in [2.75, 3.05) is 0 Å². The fraction of sp³-hybridized carbons (Fsp3) is 0.350. The smallest absolute Gasteiger partial charge is 0.227 e. The van der Waals surface area contributed by atoms with Gasteiger partial charge in [0.05, 0.1) is 0 Å². The lowest BCUT2D eigenvalue weighted by Crippen LogP contribution is -2.30. The maximum atomic E-state index is 5.87. The Balaban J connectivity index is 1.51. The highest BCUT2D eigenvalue weighted by atomic mass is 16.3. The zero-order valence-electron chi connectivity index (χ0n) is 13.3. The second kappa shape index (κ2) is 6.55. The number of hydrogen-bond donors (Lipinski definition) is 1. The average molecular weight is 306 g/mol. The third-order valence-corrected chi connectivity index (χ3v) is 4.67. The van der Waals surface area contributed by atoms with E-state index in [4.69, 9.17) is 4.42 Å². The van der Waals surface area contributed by atoms with Crippen LogP contribution in [0.15, 0.2) is 52.9 Å². The van der Waals surface area contributed by atoms with Crippen molar-refractivity contribution in [1.29, 1.82) is 0 Å². The van der Waals surface area contributed by atoms with Gasteiger partial charge in [-0.3, -0.25) is 0 Å². The van der Waals surface area contributed by atoms with Crippen molar-refractivity contribution in [1.82, 2.24) is 10.3 Å². The highest BCUT2D eigenvalue weighted by Gasteiger charge is 2.13. The average Bonchev–Trinajstić information content (AvgIpc) is 3.05. The molecule has 1 aliphatic rings. The molecule has 3 aromatic rings. The fourth-order valence-electron chi connectivity index (χ4n) is 3.36. The minimum Gasteiger partial charge on any atom is -0.436 e. The molecule has 23 heavy (non-hydrogen) atoms. The molecule has 0 atom stereocenters. The van der Waals surface area contributed by atoms with Gasteiger partial charge in [0.25, 0.3) is 0 Å². The predicted octanol–water partition coefficient (Wildman–Crippen LogP) is 4.92. The van der Waals surface area contributed by atoms with Crippen LogP contribution in [-0.4, -0.2) is 11.0 Å². The van der Waals surface area contributed by atoms with Crippen LogP contribution in [0.25, 0.3) is 22.6 Å². The maximum Gasteiger partial charge on any atom is 0.227 e. The molecular weight excluding hydrogens is 284 g/mol. The van der Waals surface area contributed by atoms with Crippen molar-refractivity contribution in [2.45, 2.75) is 44.7 Å². The minimum absolute atomic E-state index is 0.677. The van der Waals surface area contributed by atoms with Crippen LogP contribution in [0.2, 0.25) is 0 Å². The lowest BCUT2D eigenvalue weighted by Gasteiger charge is -2.22. The number of fused-ring (bicyclic) bond motifs is 1. The molecule has 1 aromatic heterocycles. The molecule has 1 aliphatic carbocycles. The first-order valence-corrected chi connectivity index (χ1v) is 8.57. The molecule has 4 rings (SSSR count). The van der Waals surface area contributed by atoms with E-state index in [0.29, 0.717) is 11.9 Å². The van der Waals surface area contributed by atoms with E-state index in [9.17, 15) is 0 Å². The topological polar surface area (TPSA) is 38.1 Å². The van der Waals surface area contributed by atoms with E-state index < -0.39 is 0 Å². The Morgan fingerprint density at radius 2 is 1.83 bits per heavy atom. The molecule has 0 bridgehead atoms. The first-order chi connectivity index (χ1) is 11.4. The molecule has 1 heterocycles. The number of oxazole rings is 1. The molecule has 1 fully saturated rings. The zero-order chi connectivity index (χ0) is 15.5. The van der Waals surface area contributed by atoms with Gasteiger partial charge in [0.15, 0.2) is 5.58 Å². The van der Waals surface area contributed by atoms with E-state index in [0.717, 1.165) is 23.2 Å². The second-order valence-corrected chi connectivity index (χ2v) is 6.40. The van der Waals surface area contributed by atoms with Gasteiger partial charge < -0.3 is 9.73 Å². The summed E-state index contributed by atoms with van der Waals surface area (Å²) in [5.74, 6) is 0.693. The largest absolute Gasteiger partial charge is 0.436 e. The minimum atomic E-state index is 0.677. The first kappa shape index (κ1) is 14.5. The highest BCUT2D eigenvalue weighted by Crippen LogP contribution is 2.25. The van der Waals surface area contributed by atoms with Crippen LogP contribution in [-0.2, 0) is 6.54 Å². The lowest BCUT2D eigenvalue weighted by molar-refractivity contribution is 0.372. The Kier molecular flexibility index (Phi) is 4.12. The van der Waals surface area contributed by atoms with E-state index in [2.05, 4.69) is 22.4 Å². The van der Waals surface area contributed by atoms with Gasteiger partial charge in [-0.15, -0.1) is 0 Å². The summed E-state index contributed by atoms with van der Waals surface area (Å²) in [5.41, 5.74) is 4.08. The summed E-state index contributed by atoms with van der Waals surface area (Å²) in [7, 11) is 0. The molecule has 0 radical (unpaired) electrons. The summed E-state index contributed by atoms with van der Waals surface area (Å²) < 4.78 is 5.87. The predicted molar refractivity (Wildman–Crippen MR) is 93.2 cm³/mol. The summed E-state index contributed by atoms with van der Waals surface area (Å²) in [5, 5.41) is 3.68. The van der Waals surface area contributed by atoms with E-state index in [-0.39, 0.29) is 0 Å². The molecular formula is C20H22N2O. The number of nitrogens with zero attached hydrogens (tertiary/aromatic N) is 1. The van der Waals surface area contributed by atoms with Crippen molar-refractivity contribution in [3.8, 4) is 11.5 Å². The molecule has 0 aliphatic heterocycles. The Morgan fingerprint density at radius 3 is 2.65 bits per heavy atom. The SMILES string of the molecule is c1ccc(-c2nc3cc(CNC4CCCCC4)ccc3o2)cc1. The molecule has 3 nitrogen and oxygen atoms in total. The van der Waals surface area contributed by atoms with Gasteiger partial charge in [-0.2, -0.15) is 0 Å². The number of aromatic nitrogens is 1. The van der Waals surface area contributed by atoms with Crippen LogP contribution < -0.4 is 5.32 Å². The maximum absolute atomic E-state index is 5.87. The standard InChI is InChI=1S/C20H22N2O/c1-3-7-16(8-4-1)20-22-18-13-15(11-12-19(18)23-20)14-21-17-9-5-2-6-10-17/h1,3-4,7-8,11-13,17,21H,2,5-6,9-10,14H2. The Bertz CT molecular complexity index is 773. The molecule has 0 spiro atoms. The number of nitrogens with one attached hydrogen (secondary N) is 1. The summed E-state index contributed by atoms with van der Waals surface area (Å²) in [6.07, 6.45) is 6.74. The molecule has 1 N–H and O–H groups in total. The number of benzene rings is 2. The van der Waals surface area contributed by atoms with Crippen LogP contribution in [0, 0.1) is 0 Å².